The van der Waals surface area contributed by atoms with Crippen LogP contribution in [0.4, 0.5) is 0 Å². The molecule has 7 heteroatoms. The minimum Gasteiger partial charge on any atom is -0.307 e. The molecule has 17 heavy (non-hydrogen) atoms. The second-order valence-electron chi connectivity index (χ2n) is 4.96. The molecule has 1 aliphatic carbocycles. The first-order valence-corrected chi connectivity index (χ1v) is 7.12. The van der Waals surface area contributed by atoms with Gasteiger partial charge in [-0.2, -0.15) is 5.10 Å². The number of hydrogen-bond donors (Lipinski definition) is 1. The van der Waals surface area contributed by atoms with Crippen LogP contribution in [-0.4, -0.2) is 43.7 Å². The van der Waals surface area contributed by atoms with Gasteiger partial charge in [0.05, 0.1) is 5.54 Å². The second-order valence-corrected chi connectivity index (χ2v) is 6.47. The molecule has 0 saturated heterocycles. The molecule has 1 heterocycles. The van der Waals surface area contributed by atoms with E-state index < -0.39 is 10.0 Å². The van der Waals surface area contributed by atoms with Crippen LogP contribution >= 0.6 is 0 Å². The van der Waals surface area contributed by atoms with Crippen molar-refractivity contribution in [3.8, 4) is 0 Å². The first kappa shape index (κ1) is 12.5. The highest BCUT2D eigenvalue weighted by molar-refractivity contribution is 7.89. The van der Waals surface area contributed by atoms with E-state index in [1.165, 1.54) is 6.07 Å². The highest BCUT2D eigenvalue weighted by Gasteiger charge is 2.40. The summed E-state index contributed by atoms with van der Waals surface area (Å²) in [5, 5.41) is 9.11. The van der Waals surface area contributed by atoms with Crippen LogP contribution in [0.2, 0.25) is 0 Å². The molecule has 6 nitrogen and oxygen atoms in total. The van der Waals surface area contributed by atoms with Crippen molar-refractivity contribution in [1.82, 2.24) is 14.7 Å². The highest BCUT2D eigenvalue weighted by atomic mass is 32.2. The van der Waals surface area contributed by atoms with Crippen LogP contribution in [0.15, 0.2) is 17.3 Å². The van der Waals surface area contributed by atoms with Gasteiger partial charge in [0.1, 0.15) is 0 Å². The van der Waals surface area contributed by atoms with E-state index in [2.05, 4.69) is 10.00 Å². The molecule has 0 unspecified atom stereocenters. The van der Waals surface area contributed by atoms with E-state index in [9.17, 15) is 8.42 Å². The van der Waals surface area contributed by atoms with Crippen molar-refractivity contribution in [1.29, 1.82) is 0 Å². The molecule has 96 valence electrons. The Morgan fingerprint density at radius 1 is 1.53 bits per heavy atom. The SMILES string of the molecule is CN(C)CC1(n2ccc(S(N)(=O)=O)n2)CCC1. The summed E-state index contributed by atoms with van der Waals surface area (Å²) >= 11 is 0. The van der Waals surface area contributed by atoms with Gasteiger partial charge in [0.15, 0.2) is 5.03 Å². The smallest absolute Gasteiger partial charge is 0.257 e. The molecule has 0 aromatic carbocycles. The van der Waals surface area contributed by atoms with Crippen LogP contribution in [0.25, 0.3) is 0 Å². The predicted octanol–water partition coefficient (Wildman–Crippen LogP) is -0.0287. The van der Waals surface area contributed by atoms with Gasteiger partial charge in [-0.25, -0.2) is 13.6 Å². The van der Waals surface area contributed by atoms with E-state index >= 15 is 0 Å². The van der Waals surface area contributed by atoms with Gasteiger partial charge in [0.2, 0.25) is 0 Å². The fourth-order valence-corrected chi connectivity index (χ4v) is 2.81. The number of hydrogen-bond acceptors (Lipinski definition) is 4. The average Bonchev–Trinajstić information content (AvgIpc) is 2.58. The minimum absolute atomic E-state index is 0.0532. The quantitative estimate of drug-likeness (QED) is 0.822. The van der Waals surface area contributed by atoms with E-state index in [4.69, 9.17) is 5.14 Å². The lowest BCUT2D eigenvalue weighted by Gasteiger charge is -2.43. The summed E-state index contributed by atoms with van der Waals surface area (Å²) in [6.07, 6.45) is 4.91. The summed E-state index contributed by atoms with van der Waals surface area (Å²) in [5.74, 6) is 0. The van der Waals surface area contributed by atoms with E-state index in [1.807, 2.05) is 14.1 Å². The van der Waals surface area contributed by atoms with Gasteiger partial charge in [-0.3, -0.25) is 4.68 Å². The lowest BCUT2D eigenvalue weighted by molar-refractivity contribution is 0.0835. The van der Waals surface area contributed by atoms with Crippen LogP contribution in [0.3, 0.4) is 0 Å². The molecule has 1 aromatic rings. The molecular formula is C10H18N4O2S. The van der Waals surface area contributed by atoms with Crippen molar-refractivity contribution < 1.29 is 8.42 Å². The number of nitrogens with zero attached hydrogens (tertiary/aromatic N) is 3. The predicted molar refractivity (Wildman–Crippen MR) is 64.0 cm³/mol. The van der Waals surface area contributed by atoms with Crippen LogP contribution in [0.1, 0.15) is 19.3 Å². The van der Waals surface area contributed by atoms with Crippen molar-refractivity contribution in [3.63, 3.8) is 0 Å². The normalized spacial score (nSPS) is 19.3. The molecule has 1 saturated carbocycles. The molecule has 0 radical (unpaired) electrons. The van der Waals surface area contributed by atoms with Gasteiger partial charge in [-0.15, -0.1) is 0 Å². The molecule has 0 atom stereocenters. The number of sulfonamides is 1. The summed E-state index contributed by atoms with van der Waals surface area (Å²) in [7, 11) is 0.308. The second kappa shape index (κ2) is 4.08. The van der Waals surface area contributed by atoms with Gasteiger partial charge in [0, 0.05) is 12.7 Å². The third kappa shape index (κ3) is 2.36. The average molecular weight is 258 g/mol. The van der Waals surface area contributed by atoms with E-state index in [-0.39, 0.29) is 10.6 Å². The molecule has 1 aromatic heterocycles. The Hall–Kier alpha value is -0.920. The highest BCUT2D eigenvalue weighted by Crippen LogP contribution is 2.39. The number of aromatic nitrogens is 2. The van der Waals surface area contributed by atoms with E-state index in [0.29, 0.717) is 0 Å². The number of likely N-dealkylation sites (N-methyl/N-ethyl adjacent to an activating group) is 1. The Morgan fingerprint density at radius 2 is 2.18 bits per heavy atom. The van der Waals surface area contributed by atoms with Crippen LogP contribution < -0.4 is 5.14 Å². The standard InChI is InChI=1S/C10H18N4O2S/c1-13(2)8-10(5-3-6-10)14-7-4-9(12-14)17(11,15)16/h4,7H,3,5-6,8H2,1-2H3,(H2,11,15,16). The van der Waals surface area contributed by atoms with Crippen molar-refractivity contribution in [3.05, 3.63) is 12.3 Å². The first-order chi connectivity index (χ1) is 7.83. The summed E-state index contributed by atoms with van der Waals surface area (Å²) in [5.41, 5.74) is -0.0631. The van der Waals surface area contributed by atoms with Crippen molar-refractivity contribution in [2.45, 2.75) is 29.8 Å². The van der Waals surface area contributed by atoms with Gasteiger partial charge in [-0.1, -0.05) is 0 Å². The first-order valence-electron chi connectivity index (χ1n) is 5.57. The molecular weight excluding hydrogens is 240 g/mol. The fourth-order valence-electron chi connectivity index (χ4n) is 2.36. The molecule has 2 rings (SSSR count). The molecule has 1 aliphatic rings. The Bertz CT molecular complexity index is 502. The zero-order valence-corrected chi connectivity index (χ0v) is 10.9. The number of rotatable bonds is 4. The van der Waals surface area contributed by atoms with Crippen molar-refractivity contribution in [2.24, 2.45) is 5.14 Å². The van der Waals surface area contributed by atoms with Crippen LogP contribution in [0, 0.1) is 0 Å². The maximum absolute atomic E-state index is 11.2. The summed E-state index contributed by atoms with van der Waals surface area (Å²) < 4.78 is 24.1. The van der Waals surface area contributed by atoms with Crippen LogP contribution in [0.5, 0.6) is 0 Å². The lowest BCUT2D eigenvalue weighted by atomic mass is 9.76. The lowest BCUT2D eigenvalue weighted by Crippen LogP contribution is -2.48. The number of primary sulfonamides is 1. The molecule has 0 bridgehead atoms. The minimum atomic E-state index is -3.70. The zero-order chi connectivity index (χ0) is 12.7. The number of nitrogens with two attached hydrogens (primary N) is 1. The molecule has 2 N–H and O–H groups in total. The summed E-state index contributed by atoms with van der Waals surface area (Å²) in [6.45, 7) is 0.860. The monoisotopic (exact) mass is 258 g/mol. The topological polar surface area (TPSA) is 81.2 Å². The fraction of sp³-hybridized carbons (Fsp3) is 0.700. The maximum atomic E-state index is 11.2. The van der Waals surface area contributed by atoms with Gasteiger partial charge >= 0.3 is 0 Å². The van der Waals surface area contributed by atoms with Gasteiger partial charge in [-0.05, 0) is 39.4 Å². The largest absolute Gasteiger partial charge is 0.307 e. The van der Waals surface area contributed by atoms with E-state index in [0.717, 1.165) is 25.8 Å². The maximum Gasteiger partial charge on any atom is 0.257 e. The van der Waals surface area contributed by atoms with Crippen LogP contribution in [-0.2, 0) is 15.6 Å². The third-order valence-corrected chi connectivity index (χ3v) is 4.04. The molecule has 0 spiro atoms. The van der Waals surface area contributed by atoms with Crippen molar-refractivity contribution in [2.75, 3.05) is 20.6 Å². The molecule has 0 aliphatic heterocycles. The Labute approximate surface area is 101 Å². The molecule has 1 fully saturated rings. The summed E-state index contributed by atoms with van der Waals surface area (Å²) in [4.78, 5) is 2.09. The van der Waals surface area contributed by atoms with Gasteiger partial charge < -0.3 is 4.90 Å². The third-order valence-electron chi connectivity index (χ3n) is 3.24. The van der Waals surface area contributed by atoms with Gasteiger partial charge in [0.25, 0.3) is 10.0 Å². The van der Waals surface area contributed by atoms with Crippen molar-refractivity contribution >= 4 is 10.0 Å². The Balaban J connectivity index is 2.30. The Morgan fingerprint density at radius 3 is 2.53 bits per heavy atom. The van der Waals surface area contributed by atoms with E-state index in [1.54, 1.807) is 10.9 Å². The Kier molecular flexibility index (Phi) is 3.01. The molecule has 0 amide bonds. The zero-order valence-electron chi connectivity index (χ0n) is 10.1. The summed E-state index contributed by atoms with van der Waals surface area (Å²) in [6, 6.07) is 1.46.